The van der Waals surface area contributed by atoms with E-state index in [0.717, 1.165) is 0 Å². The molecule has 0 atom stereocenters. The lowest BCUT2D eigenvalue weighted by Gasteiger charge is -2.11. The number of rotatable bonds is 6. The van der Waals surface area contributed by atoms with Crippen molar-refractivity contribution in [2.75, 3.05) is 7.05 Å². The van der Waals surface area contributed by atoms with Gasteiger partial charge in [0.2, 0.25) is 0 Å². The largest absolute Gasteiger partial charge is 0.333 e. The second-order valence-electron chi connectivity index (χ2n) is 3.43. The van der Waals surface area contributed by atoms with Crippen molar-refractivity contribution in [1.29, 1.82) is 0 Å². The van der Waals surface area contributed by atoms with Crippen LogP contribution >= 0.6 is 0 Å². The summed E-state index contributed by atoms with van der Waals surface area (Å²) < 4.78 is 0. The van der Waals surface area contributed by atoms with Gasteiger partial charge in [-0.3, -0.25) is 4.79 Å². The summed E-state index contributed by atoms with van der Waals surface area (Å²) in [5.41, 5.74) is 1.44. The van der Waals surface area contributed by atoms with Gasteiger partial charge in [0.1, 0.15) is 5.69 Å². The molecule has 5 heteroatoms. The van der Waals surface area contributed by atoms with Crippen molar-refractivity contribution in [3.8, 4) is 0 Å². The van der Waals surface area contributed by atoms with Crippen LogP contribution in [0.5, 0.6) is 0 Å². The zero-order valence-electron chi connectivity index (χ0n) is 9.98. The molecule has 0 N–H and O–H groups in total. The number of hydrogen-bond donors (Lipinski definition) is 0. The fourth-order valence-electron chi connectivity index (χ4n) is 1.27. The summed E-state index contributed by atoms with van der Waals surface area (Å²) in [6.45, 7) is 3.44. The Morgan fingerprint density at radius 2 is 2.22 bits per heavy atom. The Hall–Kier alpha value is -2.56. The molecule has 0 aromatic heterocycles. The SMILES string of the molecule is C=CN=CN(C)/C(C=O)=C\c1cccc(N=O)c1. The third-order valence-electron chi connectivity index (χ3n) is 2.16. The molecule has 0 bridgehead atoms. The lowest BCUT2D eigenvalue weighted by atomic mass is 10.1. The number of nitroso groups, excluding NO2 is 1. The van der Waals surface area contributed by atoms with Crippen molar-refractivity contribution < 1.29 is 4.79 Å². The maximum atomic E-state index is 11.0. The molecule has 92 valence electrons. The van der Waals surface area contributed by atoms with Gasteiger partial charge in [-0.1, -0.05) is 18.7 Å². The average Bonchev–Trinajstić information content (AvgIpc) is 2.42. The number of allylic oxidation sites excluding steroid dienone is 1. The van der Waals surface area contributed by atoms with Gasteiger partial charge in [0.05, 0.1) is 12.0 Å². The summed E-state index contributed by atoms with van der Waals surface area (Å²) in [6.07, 6.45) is 5.18. The molecule has 0 spiro atoms. The van der Waals surface area contributed by atoms with Crippen molar-refractivity contribution >= 4 is 24.4 Å². The van der Waals surface area contributed by atoms with Gasteiger partial charge in [0.25, 0.3) is 0 Å². The molecule has 0 aliphatic heterocycles. The molecule has 1 rings (SSSR count). The highest BCUT2D eigenvalue weighted by Crippen LogP contribution is 2.16. The van der Waals surface area contributed by atoms with Gasteiger partial charge in [0.15, 0.2) is 6.29 Å². The third-order valence-corrected chi connectivity index (χ3v) is 2.16. The highest BCUT2D eigenvalue weighted by atomic mass is 16.3. The maximum Gasteiger partial charge on any atom is 0.166 e. The molecule has 0 amide bonds. The first-order chi connectivity index (χ1) is 8.71. The highest BCUT2D eigenvalue weighted by Gasteiger charge is 2.01. The van der Waals surface area contributed by atoms with Gasteiger partial charge in [-0.15, -0.1) is 4.91 Å². The van der Waals surface area contributed by atoms with Crippen LogP contribution in [0.4, 0.5) is 5.69 Å². The van der Waals surface area contributed by atoms with Crippen LogP contribution in [0.3, 0.4) is 0 Å². The second-order valence-corrected chi connectivity index (χ2v) is 3.43. The van der Waals surface area contributed by atoms with Gasteiger partial charge in [-0.05, 0) is 28.9 Å². The number of nitrogens with zero attached hydrogens (tertiary/aromatic N) is 3. The quantitative estimate of drug-likeness (QED) is 0.254. The van der Waals surface area contributed by atoms with Crippen LogP contribution in [-0.4, -0.2) is 24.6 Å². The van der Waals surface area contributed by atoms with Crippen LogP contribution in [0, 0.1) is 4.91 Å². The van der Waals surface area contributed by atoms with Crippen molar-refractivity contribution in [3.05, 3.63) is 53.2 Å². The Bertz CT molecular complexity index is 507. The van der Waals surface area contributed by atoms with E-state index in [4.69, 9.17) is 0 Å². The Kier molecular flexibility index (Phi) is 5.18. The summed E-state index contributed by atoms with van der Waals surface area (Å²) in [4.78, 5) is 26.8. The van der Waals surface area contributed by atoms with Crippen LogP contribution in [0.15, 0.2) is 52.9 Å². The fourth-order valence-corrected chi connectivity index (χ4v) is 1.27. The summed E-state index contributed by atoms with van der Waals surface area (Å²) in [6, 6.07) is 6.66. The van der Waals surface area contributed by atoms with Crippen LogP contribution in [-0.2, 0) is 4.79 Å². The second kappa shape index (κ2) is 6.90. The number of carbonyl (C=O) groups is 1. The standard InChI is InChI=1S/C13H13N3O2/c1-3-14-10-16(2)13(9-17)8-11-5-4-6-12(7-11)15-18/h3-10H,1H2,2H3/b13-8-,14-10?. The number of aldehydes is 1. The number of hydrogen-bond acceptors (Lipinski definition) is 4. The maximum absolute atomic E-state index is 11.0. The van der Waals surface area contributed by atoms with E-state index in [9.17, 15) is 9.70 Å². The first-order valence-corrected chi connectivity index (χ1v) is 5.18. The fraction of sp³-hybridized carbons (Fsp3) is 0.0769. The molecule has 0 aliphatic rings. The molecule has 0 fully saturated rings. The first kappa shape index (κ1) is 13.5. The summed E-state index contributed by atoms with van der Waals surface area (Å²) in [7, 11) is 1.69. The van der Waals surface area contributed by atoms with E-state index in [1.54, 1.807) is 42.3 Å². The third kappa shape index (κ3) is 3.79. The van der Waals surface area contributed by atoms with Crippen molar-refractivity contribution in [3.63, 3.8) is 0 Å². The Labute approximate surface area is 105 Å². The molecule has 0 unspecified atom stereocenters. The van der Waals surface area contributed by atoms with E-state index in [0.29, 0.717) is 23.2 Å². The predicted octanol–water partition coefficient (Wildman–Crippen LogP) is 2.73. The number of likely N-dealkylation sites (N-methyl/N-ethyl adjacent to an activating group) is 1. The molecule has 1 aromatic rings. The Morgan fingerprint density at radius 1 is 1.44 bits per heavy atom. The average molecular weight is 243 g/mol. The number of aliphatic imine (C=N–C) groups is 1. The molecule has 0 saturated carbocycles. The normalized spacial score (nSPS) is 11.3. The molecular weight excluding hydrogens is 230 g/mol. The van der Waals surface area contributed by atoms with Crippen molar-refractivity contribution in [2.24, 2.45) is 10.2 Å². The minimum absolute atomic E-state index is 0.316. The Morgan fingerprint density at radius 3 is 2.83 bits per heavy atom. The topological polar surface area (TPSA) is 62.1 Å². The molecule has 0 saturated heterocycles. The predicted molar refractivity (Wildman–Crippen MR) is 72.4 cm³/mol. The zero-order valence-corrected chi connectivity index (χ0v) is 9.98. The van der Waals surface area contributed by atoms with Gasteiger partial charge in [0, 0.05) is 13.2 Å². The highest BCUT2D eigenvalue weighted by molar-refractivity contribution is 5.85. The minimum Gasteiger partial charge on any atom is -0.333 e. The number of carbonyl (C=O) groups excluding carboxylic acids is 1. The number of benzene rings is 1. The Balaban J connectivity index is 3.02. The monoisotopic (exact) mass is 243 g/mol. The van der Waals surface area contributed by atoms with Crippen LogP contribution in [0.1, 0.15) is 5.56 Å². The summed E-state index contributed by atoms with van der Waals surface area (Å²) in [5, 5.41) is 2.84. The molecule has 1 aromatic carbocycles. The van der Waals surface area contributed by atoms with E-state index >= 15 is 0 Å². The lowest BCUT2D eigenvalue weighted by molar-refractivity contribution is -0.105. The van der Waals surface area contributed by atoms with Crippen LogP contribution in [0.25, 0.3) is 6.08 Å². The molecular formula is C13H13N3O2. The smallest absolute Gasteiger partial charge is 0.166 e. The van der Waals surface area contributed by atoms with Gasteiger partial charge in [-0.25, -0.2) is 4.99 Å². The molecule has 5 nitrogen and oxygen atoms in total. The van der Waals surface area contributed by atoms with Gasteiger partial charge < -0.3 is 4.90 Å². The molecule has 0 aliphatic carbocycles. The lowest BCUT2D eigenvalue weighted by Crippen LogP contribution is -2.16. The van der Waals surface area contributed by atoms with Crippen LogP contribution < -0.4 is 0 Å². The minimum atomic E-state index is 0.316. The first-order valence-electron chi connectivity index (χ1n) is 5.18. The van der Waals surface area contributed by atoms with Crippen molar-refractivity contribution in [1.82, 2.24) is 4.90 Å². The van der Waals surface area contributed by atoms with E-state index in [-0.39, 0.29) is 0 Å². The molecule has 0 radical (unpaired) electrons. The summed E-state index contributed by atoms with van der Waals surface area (Å²) in [5.74, 6) is 0. The van der Waals surface area contributed by atoms with E-state index in [1.807, 2.05) is 0 Å². The van der Waals surface area contributed by atoms with E-state index < -0.39 is 0 Å². The molecule has 18 heavy (non-hydrogen) atoms. The summed E-state index contributed by atoms with van der Waals surface area (Å²) >= 11 is 0. The zero-order chi connectivity index (χ0) is 13.4. The van der Waals surface area contributed by atoms with E-state index in [1.165, 1.54) is 12.5 Å². The molecule has 0 heterocycles. The van der Waals surface area contributed by atoms with Crippen LogP contribution in [0.2, 0.25) is 0 Å². The van der Waals surface area contributed by atoms with Gasteiger partial charge in [-0.2, -0.15) is 0 Å². The van der Waals surface area contributed by atoms with Crippen molar-refractivity contribution in [2.45, 2.75) is 0 Å². The van der Waals surface area contributed by atoms with Gasteiger partial charge >= 0.3 is 0 Å². The van der Waals surface area contributed by atoms with E-state index in [2.05, 4.69) is 16.7 Å².